The van der Waals surface area contributed by atoms with Crippen molar-refractivity contribution in [2.75, 3.05) is 16.7 Å². The Bertz CT molecular complexity index is 1380. The van der Waals surface area contributed by atoms with Crippen LogP contribution in [0.4, 0.5) is 11.4 Å². The minimum atomic E-state index is -4.19. The van der Waals surface area contributed by atoms with Crippen molar-refractivity contribution in [3.8, 4) is 5.75 Å². The summed E-state index contributed by atoms with van der Waals surface area (Å²) in [6, 6.07) is 13.6. The third kappa shape index (κ3) is 5.14. The third-order valence-electron chi connectivity index (χ3n) is 5.34. The van der Waals surface area contributed by atoms with Crippen LogP contribution in [0.3, 0.4) is 0 Å². The first-order valence-corrected chi connectivity index (χ1v) is 12.1. The van der Waals surface area contributed by atoms with Crippen LogP contribution in [0.15, 0.2) is 71.9 Å². The summed E-state index contributed by atoms with van der Waals surface area (Å²) in [6.07, 6.45) is 3.32. The van der Waals surface area contributed by atoms with Crippen molar-refractivity contribution in [3.63, 3.8) is 0 Å². The molecule has 4 rings (SSSR count). The lowest BCUT2D eigenvalue weighted by molar-refractivity contribution is -0.121. The molecular weight excluding hydrogens is 472 g/mol. The minimum Gasteiger partial charge on any atom is -0.495 e. The zero-order valence-electron chi connectivity index (χ0n) is 18.7. The van der Waals surface area contributed by atoms with E-state index in [1.54, 1.807) is 36.7 Å². The Hall–Kier alpha value is -4.25. The van der Waals surface area contributed by atoms with E-state index in [4.69, 9.17) is 4.74 Å². The number of amides is 3. The molecule has 1 aliphatic heterocycles. The molecule has 180 valence electrons. The van der Waals surface area contributed by atoms with Crippen molar-refractivity contribution in [2.45, 2.75) is 24.3 Å². The van der Waals surface area contributed by atoms with Gasteiger partial charge in [0.1, 0.15) is 5.75 Å². The Morgan fingerprint density at radius 1 is 1.06 bits per heavy atom. The van der Waals surface area contributed by atoms with Crippen LogP contribution in [-0.2, 0) is 26.2 Å². The molecule has 3 aromatic rings. The van der Waals surface area contributed by atoms with Crippen LogP contribution in [0.2, 0.25) is 0 Å². The molecule has 0 spiro atoms. The maximum absolute atomic E-state index is 13.2. The van der Waals surface area contributed by atoms with E-state index in [9.17, 15) is 22.8 Å². The number of hydrogen-bond donors (Lipinski definition) is 2. The molecule has 0 aliphatic carbocycles. The van der Waals surface area contributed by atoms with Gasteiger partial charge < -0.3 is 10.1 Å². The highest BCUT2D eigenvalue weighted by Gasteiger charge is 2.33. The molecule has 0 bridgehead atoms. The van der Waals surface area contributed by atoms with Crippen molar-refractivity contribution >= 4 is 39.1 Å². The molecule has 11 heteroatoms. The molecule has 3 amide bonds. The number of imide groups is 1. The Morgan fingerprint density at radius 2 is 1.80 bits per heavy atom. The number of sulfonamides is 1. The van der Waals surface area contributed by atoms with Gasteiger partial charge in [0, 0.05) is 31.8 Å². The molecule has 1 aliphatic rings. The summed E-state index contributed by atoms with van der Waals surface area (Å²) in [5.41, 5.74) is 1.03. The van der Waals surface area contributed by atoms with Crippen molar-refractivity contribution in [1.82, 2.24) is 10.3 Å². The lowest BCUT2D eigenvalue weighted by atomic mass is 10.1. The molecule has 0 saturated carbocycles. The van der Waals surface area contributed by atoms with E-state index >= 15 is 0 Å². The number of benzene rings is 2. The van der Waals surface area contributed by atoms with Gasteiger partial charge in [-0.25, -0.2) is 13.3 Å². The highest BCUT2D eigenvalue weighted by atomic mass is 32.2. The van der Waals surface area contributed by atoms with Gasteiger partial charge in [0.25, 0.3) is 15.9 Å². The first-order valence-electron chi connectivity index (χ1n) is 10.6. The number of para-hydroxylation sites is 1. The fraction of sp³-hybridized carbons (Fsp3) is 0.167. The number of anilines is 2. The topological polar surface area (TPSA) is 135 Å². The molecule has 1 fully saturated rings. The molecule has 35 heavy (non-hydrogen) atoms. The number of aromatic nitrogens is 1. The SMILES string of the molecule is COc1ccc(S(=O)(=O)Nc2ccccc2C(=O)NCc2cccnc2)cc1N1C(=O)CCC1=O. The molecule has 2 N–H and O–H groups in total. The number of rotatable bonds is 8. The molecule has 1 saturated heterocycles. The van der Waals surface area contributed by atoms with E-state index in [-0.39, 0.29) is 47.0 Å². The van der Waals surface area contributed by atoms with Crippen molar-refractivity contribution < 1.29 is 27.5 Å². The lowest BCUT2D eigenvalue weighted by Crippen LogP contribution is -2.29. The van der Waals surface area contributed by atoms with E-state index in [0.29, 0.717) is 0 Å². The van der Waals surface area contributed by atoms with Crippen LogP contribution in [0.5, 0.6) is 5.75 Å². The molecule has 1 aromatic heterocycles. The zero-order valence-corrected chi connectivity index (χ0v) is 19.5. The second-order valence-corrected chi connectivity index (χ2v) is 9.33. The smallest absolute Gasteiger partial charge is 0.261 e. The Kier molecular flexibility index (Phi) is 6.78. The van der Waals surface area contributed by atoms with Crippen molar-refractivity contribution in [3.05, 3.63) is 78.1 Å². The minimum absolute atomic E-state index is 0.0404. The second kappa shape index (κ2) is 9.94. The fourth-order valence-corrected chi connectivity index (χ4v) is 4.71. The summed E-state index contributed by atoms with van der Waals surface area (Å²) in [5.74, 6) is -1.17. The maximum Gasteiger partial charge on any atom is 0.261 e. The fourth-order valence-electron chi connectivity index (χ4n) is 3.61. The van der Waals surface area contributed by atoms with Crippen LogP contribution in [0.25, 0.3) is 0 Å². The van der Waals surface area contributed by atoms with Gasteiger partial charge in [-0.15, -0.1) is 0 Å². The first kappa shape index (κ1) is 23.9. The van der Waals surface area contributed by atoms with Gasteiger partial charge in [0.05, 0.1) is 28.9 Å². The summed E-state index contributed by atoms with van der Waals surface area (Å²) in [4.78, 5) is 42.0. The van der Waals surface area contributed by atoms with Gasteiger partial charge in [-0.05, 0) is 42.0 Å². The number of carbonyl (C=O) groups excluding carboxylic acids is 3. The number of carbonyl (C=O) groups is 3. The number of nitrogens with zero attached hydrogens (tertiary/aromatic N) is 2. The van der Waals surface area contributed by atoms with E-state index in [1.807, 2.05) is 0 Å². The Labute approximate surface area is 202 Å². The molecule has 2 heterocycles. The Balaban J connectivity index is 1.60. The van der Waals surface area contributed by atoms with E-state index in [0.717, 1.165) is 10.5 Å². The van der Waals surface area contributed by atoms with Crippen LogP contribution < -0.4 is 19.7 Å². The number of ether oxygens (including phenoxy) is 1. The number of nitrogens with one attached hydrogen (secondary N) is 2. The monoisotopic (exact) mass is 494 g/mol. The van der Waals surface area contributed by atoms with Crippen molar-refractivity contribution in [1.29, 1.82) is 0 Å². The van der Waals surface area contributed by atoms with Gasteiger partial charge in [-0.2, -0.15) is 0 Å². The summed E-state index contributed by atoms with van der Waals surface area (Å²) in [7, 11) is -2.84. The van der Waals surface area contributed by atoms with Crippen LogP contribution >= 0.6 is 0 Å². The molecule has 2 aromatic carbocycles. The average Bonchev–Trinajstić information content (AvgIpc) is 3.20. The van der Waals surface area contributed by atoms with Crippen LogP contribution in [0, 0.1) is 0 Å². The predicted molar refractivity (Wildman–Crippen MR) is 127 cm³/mol. The van der Waals surface area contributed by atoms with E-state index < -0.39 is 27.7 Å². The maximum atomic E-state index is 13.2. The van der Waals surface area contributed by atoms with Gasteiger partial charge in [-0.1, -0.05) is 18.2 Å². The molecule has 0 atom stereocenters. The molecular formula is C24H22N4O6S. The largest absolute Gasteiger partial charge is 0.495 e. The zero-order chi connectivity index (χ0) is 25.0. The van der Waals surface area contributed by atoms with Gasteiger partial charge in [0.15, 0.2) is 0 Å². The number of methoxy groups -OCH3 is 1. The van der Waals surface area contributed by atoms with E-state index in [2.05, 4.69) is 15.0 Å². The van der Waals surface area contributed by atoms with Crippen LogP contribution in [0.1, 0.15) is 28.8 Å². The van der Waals surface area contributed by atoms with Crippen molar-refractivity contribution in [2.24, 2.45) is 0 Å². The quantitative estimate of drug-likeness (QED) is 0.459. The standard InChI is InChI=1S/C24H22N4O6S/c1-34-21-9-8-17(13-20(21)28-22(29)10-11-23(28)30)35(32,33)27-19-7-3-2-6-18(19)24(31)26-15-16-5-4-12-25-14-16/h2-9,12-14,27H,10-11,15H2,1H3,(H,26,31). The van der Waals surface area contributed by atoms with Gasteiger partial charge >= 0.3 is 0 Å². The molecule has 10 nitrogen and oxygen atoms in total. The second-order valence-electron chi connectivity index (χ2n) is 7.65. The average molecular weight is 495 g/mol. The normalized spacial score (nSPS) is 13.6. The van der Waals surface area contributed by atoms with E-state index in [1.165, 1.54) is 37.4 Å². The number of pyridine rings is 1. The first-order chi connectivity index (χ1) is 16.8. The summed E-state index contributed by atoms with van der Waals surface area (Å²) in [5, 5.41) is 2.74. The number of hydrogen-bond acceptors (Lipinski definition) is 7. The van der Waals surface area contributed by atoms with Gasteiger partial charge in [-0.3, -0.25) is 24.1 Å². The lowest BCUT2D eigenvalue weighted by Gasteiger charge is -2.19. The third-order valence-corrected chi connectivity index (χ3v) is 6.71. The summed E-state index contributed by atoms with van der Waals surface area (Å²) >= 11 is 0. The highest BCUT2D eigenvalue weighted by Crippen LogP contribution is 2.34. The summed E-state index contributed by atoms with van der Waals surface area (Å²) in [6.45, 7) is 0.216. The van der Waals surface area contributed by atoms with Crippen LogP contribution in [-0.4, -0.2) is 38.2 Å². The molecule has 0 unspecified atom stereocenters. The summed E-state index contributed by atoms with van der Waals surface area (Å²) < 4.78 is 34.1. The molecule has 0 radical (unpaired) electrons. The Morgan fingerprint density at radius 3 is 2.49 bits per heavy atom. The highest BCUT2D eigenvalue weighted by molar-refractivity contribution is 7.92. The predicted octanol–water partition coefficient (Wildman–Crippen LogP) is 2.47. The van der Waals surface area contributed by atoms with Gasteiger partial charge in [0.2, 0.25) is 11.8 Å².